The highest BCUT2D eigenvalue weighted by atomic mass is 16.3. The standard InChI is InChI=1S/C15H21N7O.CH2O2/c23-15(14-9-16-3-4-17-14)18-8-13-2-1-5-21(10-13)6-7-22-11-19-20-12-22;2-1-3/h3-4,9,11-13H,1-2,5-8,10H2,(H,18,23);1H,(H,2,3). The summed E-state index contributed by atoms with van der Waals surface area (Å²) in [6, 6.07) is 0. The summed E-state index contributed by atoms with van der Waals surface area (Å²) in [6.07, 6.45) is 10.4. The normalized spacial score (nSPS) is 17.0. The maximum atomic E-state index is 12.0. The first-order chi connectivity index (χ1) is 12.7. The van der Waals surface area contributed by atoms with Gasteiger partial charge in [0, 0.05) is 38.6 Å². The monoisotopic (exact) mass is 361 g/mol. The Morgan fingerprint density at radius 2 is 2.08 bits per heavy atom. The van der Waals surface area contributed by atoms with Crippen LogP contribution in [0.15, 0.2) is 31.2 Å². The highest BCUT2D eigenvalue weighted by Gasteiger charge is 2.20. The van der Waals surface area contributed by atoms with E-state index >= 15 is 0 Å². The molecule has 2 N–H and O–H groups in total. The number of carboxylic acid groups (broad SMARTS) is 1. The molecule has 1 aliphatic rings. The molecule has 10 heteroatoms. The smallest absolute Gasteiger partial charge is 0.290 e. The Kier molecular flexibility index (Phi) is 8.13. The second-order valence-electron chi connectivity index (χ2n) is 5.91. The van der Waals surface area contributed by atoms with E-state index < -0.39 is 0 Å². The highest BCUT2D eigenvalue weighted by Crippen LogP contribution is 2.15. The summed E-state index contributed by atoms with van der Waals surface area (Å²) in [5, 5.41) is 17.5. The van der Waals surface area contributed by atoms with E-state index in [1.165, 1.54) is 12.4 Å². The Balaban J connectivity index is 0.000000758. The molecule has 2 aromatic rings. The van der Waals surface area contributed by atoms with Crippen LogP contribution in [0.5, 0.6) is 0 Å². The first-order valence-corrected chi connectivity index (χ1v) is 8.39. The van der Waals surface area contributed by atoms with Crippen LogP contribution in [0.25, 0.3) is 0 Å². The summed E-state index contributed by atoms with van der Waals surface area (Å²) in [5.41, 5.74) is 0.368. The van der Waals surface area contributed by atoms with Crippen LogP contribution in [0.2, 0.25) is 0 Å². The van der Waals surface area contributed by atoms with Crippen molar-refractivity contribution in [3.8, 4) is 0 Å². The van der Waals surface area contributed by atoms with Crippen molar-refractivity contribution < 1.29 is 14.7 Å². The van der Waals surface area contributed by atoms with Crippen molar-refractivity contribution in [2.75, 3.05) is 26.2 Å². The zero-order valence-corrected chi connectivity index (χ0v) is 14.4. The summed E-state index contributed by atoms with van der Waals surface area (Å²) in [7, 11) is 0. The van der Waals surface area contributed by atoms with Gasteiger partial charge in [-0.1, -0.05) is 0 Å². The molecular formula is C16H23N7O3. The summed E-state index contributed by atoms with van der Waals surface area (Å²) in [4.78, 5) is 30.7. The third kappa shape index (κ3) is 6.55. The average Bonchev–Trinajstić information content (AvgIpc) is 3.20. The van der Waals surface area contributed by atoms with Crippen molar-refractivity contribution in [1.82, 2.24) is 34.9 Å². The largest absolute Gasteiger partial charge is 0.483 e. The number of nitrogens with zero attached hydrogens (tertiary/aromatic N) is 6. The minimum absolute atomic E-state index is 0.153. The van der Waals surface area contributed by atoms with Gasteiger partial charge >= 0.3 is 0 Å². The minimum Gasteiger partial charge on any atom is -0.483 e. The first-order valence-electron chi connectivity index (χ1n) is 8.39. The van der Waals surface area contributed by atoms with E-state index in [1.54, 1.807) is 18.9 Å². The van der Waals surface area contributed by atoms with Crippen LogP contribution in [-0.4, -0.2) is 73.3 Å². The number of aromatic nitrogens is 5. The van der Waals surface area contributed by atoms with Gasteiger partial charge in [-0.25, -0.2) is 4.98 Å². The van der Waals surface area contributed by atoms with Gasteiger partial charge in [-0.3, -0.25) is 14.6 Å². The quantitative estimate of drug-likeness (QED) is 0.684. The molecule has 1 unspecified atom stereocenters. The van der Waals surface area contributed by atoms with Crippen LogP contribution in [0, 0.1) is 5.92 Å². The van der Waals surface area contributed by atoms with Gasteiger partial charge in [-0.05, 0) is 25.3 Å². The molecule has 140 valence electrons. The van der Waals surface area contributed by atoms with E-state index in [0.29, 0.717) is 18.2 Å². The van der Waals surface area contributed by atoms with E-state index in [1.807, 2.05) is 4.57 Å². The minimum atomic E-state index is -0.250. The van der Waals surface area contributed by atoms with Crippen LogP contribution < -0.4 is 5.32 Å². The van der Waals surface area contributed by atoms with Crippen LogP contribution in [0.3, 0.4) is 0 Å². The lowest BCUT2D eigenvalue weighted by molar-refractivity contribution is -0.122. The summed E-state index contributed by atoms with van der Waals surface area (Å²) in [5.74, 6) is 0.324. The molecule has 0 aromatic carbocycles. The number of nitrogens with one attached hydrogen (secondary N) is 1. The molecule has 0 spiro atoms. The van der Waals surface area contributed by atoms with Gasteiger partial charge in [0.05, 0.1) is 6.20 Å². The number of carbonyl (C=O) groups excluding carboxylic acids is 1. The maximum Gasteiger partial charge on any atom is 0.290 e. The Labute approximate surface area is 151 Å². The molecule has 1 saturated heterocycles. The van der Waals surface area contributed by atoms with Crippen LogP contribution in [-0.2, 0) is 11.3 Å². The van der Waals surface area contributed by atoms with Gasteiger partial charge in [0.2, 0.25) is 0 Å². The predicted octanol–water partition coefficient (Wildman–Crippen LogP) is -0.0891. The predicted molar refractivity (Wildman–Crippen MR) is 92.2 cm³/mol. The molecule has 3 rings (SSSR count). The molecule has 26 heavy (non-hydrogen) atoms. The maximum absolute atomic E-state index is 12.0. The fraction of sp³-hybridized carbons (Fsp3) is 0.500. The number of hydrogen-bond acceptors (Lipinski definition) is 7. The second-order valence-corrected chi connectivity index (χ2v) is 5.91. The number of amides is 1. The third-order valence-electron chi connectivity index (χ3n) is 4.09. The zero-order valence-electron chi connectivity index (χ0n) is 14.4. The fourth-order valence-corrected chi connectivity index (χ4v) is 2.86. The molecule has 0 radical (unpaired) electrons. The van der Waals surface area contributed by atoms with Crippen molar-refractivity contribution in [2.24, 2.45) is 5.92 Å². The van der Waals surface area contributed by atoms with Gasteiger partial charge in [0.1, 0.15) is 18.3 Å². The van der Waals surface area contributed by atoms with Crippen LogP contribution in [0.1, 0.15) is 23.3 Å². The van der Waals surface area contributed by atoms with E-state index in [9.17, 15) is 4.79 Å². The Morgan fingerprint density at radius 1 is 1.31 bits per heavy atom. The van der Waals surface area contributed by atoms with E-state index in [4.69, 9.17) is 9.90 Å². The van der Waals surface area contributed by atoms with Crippen molar-refractivity contribution >= 4 is 12.4 Å². The SMILES string of the molecule is O=C(NCC1CCCN(CCn2cnnc2)C1)c1cnccn1.O=CO. The van der Waals surface area contributed by atoms with Crippen molar-refractivity contribution in [3.63, 3.8) is 0 Å². The van der Waals surface area contributed by atoms with Crippen LogP contribution in [0.4, 0.5) is 0 Å². The average molecular weight is 361 g/mol. The molecule has 0 aliphatic carbocycles. The van der Waals surface area contributed by atoms with E-state index in [0.717, 1.165) is 39.0 Å². The zero-order chi connectivity index (χ0) is 18.6. The van der Waals surface area contributed by atoms with Crippen LogP contribution >= 0.6 is 0 Å². The molecule has 1 aliphatic heterocycles. The molecule has 3 heterocycles. The second kappa shape index (κ2) is 10.9. The lowest BCUT2D eigenvalue weighted by Gasteiger charge is -2.32. The number of hydrogen-bond donors (Lipinski definition) is 2. The molecular weight excluding hydrogens is 338 g/mol. The van der Waals surface area contributed by atoms with Gasteiger partial charge in [-0.2, -0.15) is 0 Å². The number of piperidine rings is 1. The molecule has 1 amide bonds. The molecule has 0 saturated carbocycles. The van der Waals surface area contributed by atoms with Crippen molar-refractivity contribution in [3.05, 3.63) is 36.9 Å². The van der Waals surface area contributed by atoms with Gasteiger partial charge in [0.15, 0.2) is 0 Å². The third-order valence-corrected chi connectivity index (χ3v) is 4.09. The molecule has 10 nitrogen and oxygen atoms in total. The van der Waals surface area contributed by atoms with Crippen molar-refractivity contribution in [2.45, 2.75) is 19.4 Å². The Morgan fingerprint density at radius 3 is 2.77 bits per heavy atom. The van der Waals surface area contributed by atoms with E-state index in [2.05, 4.69) is 30.4 Å². The highest BCUT2D eigenvalue weighted by molar-refractivity contribution is 5.91. The summed E-state index contributed by atoms with van der Waals surface area (Å²) < 4.78 is 1.99. The van der Waals surface area contributed by atoms with E-state index in [-0.39, 0.29) is 12.4 Å². The summed E-state index contributed by atoms with van der Waals surface area (Å²) >= 11 is 0. The van der Waals surface area contributed by atoms with Gasteiger partial charge in [-0.15, -0.1) is 10.2 Å². The summed E-state index contributed by atoms with van der Waals surface area (Å²) in [6.45, 7) is 4.41. The number of likely N-dealkylation sites (tertiary alicyclic amines) is 1. The van der Waals surface area contributed by atoms with Crippen molar-refractivity contribution in [1.29, 1.82) is 0 Å². The topological polar surface area (TPSA) is 126 Å². The fourth-order valence-electron chi connectivity index (χ4n) is 2.86. The lowest BCUT2D eigenvalue weighted by Crippen LogP contribution is -2.42. The lowest BCUT2D eigenvalue weighted by atomic mass is 9.98. The Bertz CT molecular complexity index is 651. The molecule has 0 bridgehead atoms. The number of carbonyl (C=O) groups is 2. The molecule has 1 atom stereocenters. The van der Waals surface area contributed by atoms with Gasteiger partial charge < -0.3 is 19.9 Å². The Hall–Kier alpha value is -2.88. The number of rotatable bonds is 6. The van der Waals surface area contributed by atoms with Gasteiger partial charge in [0.25, 0.3) is 12.4 Å². The first kappa shape index (κ1) is 19.4. The molecule has 1 fully saturated rings. The molecule has 2 aromatic heterocycles.